The average Bonchev–Trinajstić information content (AvgIpc) is 2.58. The van der Waals surface area contributed by atoms with E-state index >= 15 is 0 Å². The number of rotatable bonds is 1. The van der Waals surface area contributed by atoms with Gasteiger partial charge in [-0.3, -0.25) is 0 Å². The first-order valence-electron chi connectivity index (χ1n) is 9.29. The maximum Gasteiger partial charge on any atom is -0.0122 e. The Morgan fingerprint density at radius 2 is 1.57 bits per heavy atom. The van der Waals surface area contributed by atoms with Gasteiger partial charge >= 0.3 is 0 Å². The van der Waals surface area contributed by atoms with Crippen LogP contribution in [-0.4, -0.2) is 0 Å². The predicted molar refractivity (Wildman–Crippen MR) is 97.9 cm³/mol. The van der Waals surface area contributed by atoms with E-state index in [9.17, 15) is 0 Å². The maximum absolute atomic E-state index is 2.51. The summed E-state index contributed by atoms with van der Waals surface area (Å²) < 4.78 is 0. The molecule has 0 heterocycles. The van der Waals surface area contributed by atoms with Gasteiger partial charge in [0.1, 0.15) is 0 Å². The van der Waals surface area contributed by atoms with Crippen LogP contribution in [0.2, 0.25) is 0 Å². The minimum atomic E-state index is 0.706. The molecule has 1 fully saturated rings. The zero-order valence-corrected chi connectivity index (χ0v) is 14.6. The van der Waals surface area contributed by atoms with Gasteiger partial charge in [-0.1, -0.05) is 67.9 Å². The molecule has 1 saturated carbocycles. The molecule has 0 N–H and O–H groups in total. The Morgan fingerprint density at radius 1 is 0.826 bits per heavy atom. The van der Waals surface area contributed by atoms with E-state index in [1.807, 2.05) is 0 Å². The molecule has 2 aromatic rings. The molecule has 2 aromatic carbocycles. The average molecular weight is 304 g/mol. The van der Waals surface area contributed by atoms with Crippen molar-refractivity contribution in [3.63, 3.8) is 0 Å². The lowest BCUT2D eigenvalue weighted by atomic mass is 9.56. The zero-order chi connectivity index (χ0) is 16.0. The van der Waals surface area contributed by atoms with E-state index < -0.39 is 0 Å². The molecule has 0 aliphatic heterocycles. The first-order chi connectivity index (χ1) is 11.1. The van der Waals surface area contributed by atoms with E-state index in [1.54, 1.807) is 16.7 Å². The van der Waals surface area contributed by atoms with E-state index in [1.165, 1.54) is 24.8 Å². The second-order valence-corrected chi connectivity index (χ2v) is 7.98. The van der Waals surface area contributed by atoms with Crippen LogP contribution in [0, 0.1) is 24.7 Å². The zero-order valence-electron chi connectivity index (χ0n) is 14.6. The quantitative estimate of drug-likeness (QED) is 0.597. The van der Waals surface area contributed by atoms with Crippen LogP contribution in [0.25, 0.3) is 0 Å². The van der Waals surface area contributed by atoms with E-state index in [4.69, 9.17) is 0 Å². The number of hydrogen-bond acceptors (Lipinski definition) is 0. The molecule has 5 unspecified atom stereocenters. The third-order valence-electron chi connectivity index (χ3n) is 6.87. The maximum atomic E-state index is 2.51. The number of aryl methyl sites for hydroxylation is 2. The van der Waals surface area contributed by atoms with Gasteiger partial charge in [-0.25, -0.2) is 0 Å². The Labute approximate surface area is 140 Å². The van der Waals surface area contributed by atoms with Gasteiger partial charge in [-0.05, 0) is 72.5 Å². The molecule has 0 bridgehead atoms. The Morgan fingerprint density at radius 3 is 2.35 bits per heavy atom. The van der Waals surface area contributed by atoms with Gasteiger partial charge in [0.05, 0.1) is 0 Å². The Kier molecular flexibility index (Phi) is 3.79. The van der Waals surface area contributed by atoms with Crippen molar-refractivity contribution in [3.05, 3.63) is 70.8 Å². The van der Waals surface area contributed by atoms with E-state index in [0.29, 0.717) is 5.92 Å². The summed E-state index contributed by atoms with van der Waals surface area (Å²) in [5.41, 5.74) is 6.18. The highest BCUT2D eigenvalue weighted by atomic mass is 14.5. The van der Waals surface area contributed by atoms with E-state index in [2.05, 4.69) is 69.3 Å². The standard InChI is InChI=1S/C23H28/c1-15-8-10-19(11-9-15)22-14-23-20(16(2)17(22)3)13-12-18-6-4-5-7-21(18)23/h4-11,16-17,20,22-23H,12-14H2,1-3H3. The highest BCUT2D eigenvalue weighted by Crippen LogP contribution is 2.54. The van der Waals surface area contributed by atoms with Crippen molar-refractivity contribution < 1.29 is 0 Å². The molecular formula is C23H28. The van der Waals surface area contributed by atoms with E-state index in [0.717, 1.165) is 23.7 Å². The van der Waals surface area contributed by atoms with Gasteiger partial charge in [-0.2, -0.15) is 0 Å². The molecule has 0 heteroatoms. The molecule has 120 valence electrons. The van der Waals surface area contributed by atoms with Crippen molar-refractivity contribution in [2.45, 2.75) is 51.9 Å². The molecule has 0 radical (unpaired) electrons. The van der Waals surface area contributed by atoms with Crippen molar-refractivity contribution in [2.24, 2.45) is 17.8 Å². The third kappa shape index (κ3) is 2.53. The monoisotopic (exact) mass is 304 g/mol. The molecule has 23 heavy (non-hydrogen) atoms. The SMILES string of the molecule is Cc1ccc(C2CC3c4ccccc4CCC3C(C)C2C)cc1. The van der Waals surface area contributed by atoms with Crippen LogP contribution in [-0.2, 0) is 6.42 Å². The molecule has 0 spiro atoms. The summed E-state index contributed by atoms with van der Waals surface area (Å²) in [5, 5.41) is 0. The largest absolute Gasteiger partial charge is 0.0620 e. The topological polar surface area (TPSA) is 0 Å². The van der Waals surface area contributed by atoms with Gasteiger partial charge in [0.25, 0.3) is 0 Å². The molecule has 0 amide bonds. The van der Waals surface area contributed by atoms with Crippen LogP contribution in [0.1, 0.15) is 60.8 Å². The fraction of sp³-hybridized carbons (Fsp3) is 0.478. The molecule has 4 rings (SSSR count). The fourth-order valence-electron chi connectivity index (χ4n) is 5.31. The second kappa shape index (κ2) is 5.82. The number of fused-ring (bicyclic) bond motifs is 3. The summed E-state index contributed by atoms with van der Waals surface area (Å²) in [6.45, 7) is 7.19. The summed E-state index contributed by atoms with van der Waals surface area (Å²) in [4.78, 5) is 0. The van der Waals surface area contributed by atoms with Crippen LogP contribution < -0.4 is 0 Å². The fourth-order valence-corrected chi connectivity index (χ4v) is 5.31. The lowest BCUT2D eigenvalue weighted by molar-refractivity contribution is 0.115. The van der Waals surface area contributed by atoms with Crippen molar-refractivity contribution in [3.8, 4) is 0 Å². The van der Waals surface area contributed by atoms with Crippen LogP contribution in [0.3, 0.4) is 0 Å². The predicted octanol–water partition coefficient (Wildman–Crippen LogP) is 6.10. The summed E-state index contributed by atoms with van der Waals surface area (Å²) in [6, 6.07) is 18.5. The van der Waals surface area contributed by atoms with E-state index in [-0.39, 0.29) is 0 Å². The lowest BCUT2D eigenvalue weighted by Gasteiger charge is -2.48. The normalized spacial score (nSPS) is 32.9. The number of benzene rings is 2. The molecule has 0 nitrogen and oxygen atoms in total. The van der Waals surface area contributed by atoms with Crippen molar-refractivity contribution in [2.75, 3.05) is 0 Å². The third-order valence-corrected chi connectivity index (χ3v) is 6.87. The molecule has 2 aliphatic carbocycles. The lowest BCUT2D eigenvalue weighted by Crippen LogP contribution is -2.38. The van der Waals surface area contributed by atoms with Crippen LogP contribution in [0.4, 0.5) is 0 Å². The van der Waals surface area contributed by atoms with Gasteiger partial charge < -0.3 is 0 Å². The molecule has 0 aromatic heterocycles. The summed E-state index contributed by atoms with van der Waals surface area (Å²) in [7, 11) is 0. The highest BCUT2D eigenvalue weighted by Gasteiger charge is 2.43. The molecule has 0 saturated heterocycles. The van der Waals surface area contributed by atoms with Crippen molar-refractivity contribution in [1.29, 1.82) is 0 Å². The summed E-state index contributed by atoms with van der Waals surface area (Å²) >= 11 is 0. The van der Waals surface area contributed by atoms with Gasteiger partial charge in [0.2, 0.25) is 0 Å². The van der Waals surface area contributed by atoms with Crippen LogP contribution in [0.15, 0.2) is 48.5 Å². The summed E-state index contributed by atoms with van der Waals surface area (Å²) in [6.07, 6.45) is 3.99. The van der Waals surface area contributed by atoms with Gasteiger partial charge in [0, 0.05) is 0 Å². The Balaban J connectivity index is 1.71. The van der Waals surface area contributed by atoms with Crippen molar-refractivity contribution >= 4 is 0 Å². The van der Waals surface area contributed by atoms with Crippen LogP contribution in [0.5, 0.6) is 0 Å². The highest BCUT2D eigenvalue weighted by molar-refractivity contribution is 5.36. The Hall–Kier alpha value is -1.56. The first-order valence-corrected chi connectivity index (χ1v) is 9.29. The van der Waals surface area contributed by atoms with Crippen molar-refractivity contribution in [1.82, 2.24) is 0 Å². The number of hydrogen-bond donors (Lipinski definition) is 0. The van der Waals surface area contributed by atoms with Crippen LogP contribution >= 0.6 is 0 Å². The first kappa shape index (κ1) is 15.0. The Bertz CT molecular complexity index is 681. The molecular weight excluding hydrogens is 276 g/mol. The summed E-state index contributed by atoms with van der Waals surface area (Å²) in [5.74, 6) is 3.94. The molecule has 5 atom stereocenters. The minimum Gasteiger partial charge on any atom is -0.0620 e. The van der Waals surface area contributed by atoms with Gasteiger partial charge in [-0.15, -0.1) is 0 Å². The molecule has 2 aliphatic rings. The smallest absolute Gasteiger partial charge is 0.0122 e. The second-order valence-electron chi connectivity index (χ2n) is 7.98. The van der Waals surface area contributed by atoms with Gasteiger partial charge in [0.15, 0.2) is 0 Å². The minimum absolute atomic E-state index is 0.706.